The van der Waals surface area contributed by atoms with Gasteiger partial charge in [-0.15, -0.1) is 4.91 Å². The van der Waals surface area contributed by atoms with E-state index in [0.717, 1.165) is 56.9 Å². The lowest BCUT2D eigenvalue weighted by molar-refractivity contribution is -0.139. The van der Waals surface area contributed by atoms with Crippen LogP contribution in [0.1, 0.15) is 123 Å². The predicted molar refractivity (Wildman–Crippen MR) is 151 cm³/mol. The van der Waals surface area contributed by atoms with Crippen molar-refractivity contribution in [1.82, 2.24) is 5.32 Å². The van der Waals surface area contributed by atoms with Crippen molar-refractivity contribution in [2.45, 2.75) is 128 Å². The monoisotopic (exact) mass is 520 g/mol. The number of amides is 1. The fourth-order valence-electron chi connectivity index (χ4n) is 4.41. The molecule has 0 unspecified atom stereocenters. The summed E-state index contributed by atoms with van der Waals surface area (Å²) in [6.45, 7) is 4.61. The van der Waals surface area contributed by atoms with Crippen LogP contribution in [-0.4, -0.2) is 23.2 Å². The summed E-state index contributed by atoms with van der Waals surface area (Å²) in [5, 5.41) is 2.94. The Morgan fingerprint density at radius 3 is 2.33 bits per heavy atom. The molecule has 0 aromatic rings. The van der Waals surface area contributed by atoms with Crippen LogP contribution in [0.25, 0.3) is 0 Å². The van der Waals surface area contributed by atoms with E-state index >= 15 is 0 Å². The molecule has 0 radical (unpaired) electrons. The van der Waals surface area contributed by atoms with Crippen molar-refractivity contribution in [3.63, 3.8) is 0 Å². The number of nitrogens with zero attached hydrogens (tertiary/aromatic N) is 1. The lowest BCUT2D eigenvalue weighted by Crippen LogP contribution is -2.41. The minimum Gasteiger partial charge on any atom is -0.427 e. The van der Waals surface area contributed by atoms with Gasteiger partial charge >= 0.3 is 5.97 Å². The molecule has 1 fully saturated rings. The van der Waals surface area contributed by atoms with Crippen LogP contribution in [0.4, 0.5) is 0 Å². The van der Waals surface area contributed by atoms with Gasteiger partial charge in [-0.05, 0) is 51.2 Å². The molecule has 0 heterocycles. The third-order valence-corrected chi connectivity index (χ3v) is 7.59. The van der Waals surface area contributed by atoms with Gasteiger partial charge in [0, 0.05) is 35.9 Å². The summed E-state index contributed by atoms with van der Waals surface area (Å²) in [6.07, 6.45) is 26.7. The Morgan fingerprint density at radius 1 is 0.972 bits per heavy atom. The van der Waals surface area contributed by atoms with Gasteiger partial charge in [0.1, 0.15) is 5.76 Å². The quantitative estimate of drug-likeness (QED) is 0.0434. The number of hydrogen-bond donors (Lipinski definition) is 1. The van der Waals surface area contributed by atoms with Crippen LogP contribution in [0.5, 0.6) is 0 Å². The highest BCUT2D eigenvalue weighted by Gasteiger charge is 2.34. The molecule has 0 aromatic heterocycles. The Morgan fingerprint density at radius 2 is 1.67 bits per heavy atom. The van der Waals surface area contributed by atoms with Gasteiger partial charge in [0.25, 0.3) is 0 Å². The van der Waals surface area contributed by atoms with E-state index in [1.54, 1.807) is 6.08 Å². The van der Waals surface area contributed by atoms with Crippen molar-refractivity contribution in [1.29, 1.82) is 0 Å². The Bertz CT molecular complexity index is 712. The molecule has 204 valence electrons. The average Bonchev–Trinajstić information content (AvgIpc) is 2.87. The molecule has 1 aliphatic rings. The maximum Gasteiger partial charge on any atom is 0.311 e. The minimum atomic E-state index is -0.334. The van der Waals surface area contributed by atoms with E-state index in [0.29, 0.717) is 18.7 Å². The second kappa shape index (κ2) is 21.2. The third kappa shape index (κ3) is 16.0. The van der Waals surface area contributed by atoms with Crippen molar-refractivity contribution in [2.24, 2.45) is 4.58 Å². The van der Waals surface area contributed by atoms with Gasteiger partial charge in [-0.1, -0.05) is 89.4 Å². The van der Waals surface area contributed by atoms with Crippen LogP contribution in [0.3, 0.4) is 0 Å². The number of hydrogen-bond acceptors (Lipinski definition) is 6. The number of ether oxygens (including phenoxy) is 1. The first-order valence-corrected chi connectivity index (χ1v) is 14.8. The molecule has 0 atom stereocenters. The molecule has 7 heteroatoms. The zero-order valence-electron chi connectivity index (χ0n) is 22.6. The molecular formula is C29H48N2O4S. The number of carbonyl (C=O) groups is 2. The van der Waals surface area contributed by atoms with E-state index in [-0.39, 0.29) is 29.5 Å². The predicted octanol–water partition coefficient (Wildman–Crippen LogP) is 8.48. The van der Waals surface area contributed by atoms with Crippen LogP contribution in [0.2, 0.25) is 0 Å². The molecule has 0 aromatic carbocycles. The van der Waals surface area contributed by atoms with Crippen LogP contribution in [-0.2, 0) is 14.3 Å². The lowest BCUT2D eigenvalue weighted by Gasteiger charge is -2.33. The van der Waals surface area contributed by atoms with Gasteiger partial charge in [-0.2, -0.15) is 0 Å². The van der Waals surface area contributed by atoms with Gasteiger partial charge < -0.3 is 10.1 Å². The number of unbranched alkanes of at least 4 members (excludes halogenated alkanes) is 8. The maximum absolute atomic E-state index is 12.3. The smallest absolute Gasteiger partial charge is 0.311 e. The number of nitrogens with one attached hydrogen (secondary N) is 1. The van der Waals surface area contributed by atoms with Crippen molar-refractivity contribution in [2.75, 3.05) is 6.54 Å². The normalized spacial score (nSPS) is 15.9. The van der Waals surface area contributed by atoms with E-state index in [9.17, 15) is 14.5 Å². The average molecular weight is 521 g/mol. The van der Waals surface area contributed by atoms with Crippen molar-refractivity contribution in [3.05, 3.63) is 41.0 Å². The standard InChI is InChI=1S/C29H48N2O4S/c1-3-5-7-8-9-10-11-12-13-15-20-26(19-6-4-2)35-28(33)22-18-21-27(32)30-25-29(36-31-34)23-16-14-17-24-29/h4,6,15,19-20H,3,5,7-14,16-18,21-25H2,1-2H3,(H,30,32). The topological polar surface area (TPSA) is 84.8 Å². The van der Waals surface area contributed by atoms with Crippen LogP contribution in [0.15, 0.2) is 40.7 Å². The van der Waals surface area contributed by atoms with Gasteiger partial charge in [-0.3, -0.25) is 9.59 Å². The molecular weight excluding hydrogens is 472 g/mol. The van der Waals surface area contributed by atoms with Crippen molar-refractivity contribution in [3.8, 4) is 0 Å². The Labute approximate surface area is 223 Å². The summed E-state index contributed by atoms with van der Waals surface area (Å²) >= 11 is 1.06. The number of carbonyl (C=O) groups excluding carboxylic acids is 2. The van der Waals surface area contributed by atoms with Crippen LogP contribution >= 0.6 is 11.9 Å². The van der Waals surface area contributed by atoms with E-state index in [2.05, 4.69) is 22.9 Å². The molecule has 1 N–H and O–H groups in total. The van der Waals surface area contributed by atoms with Gasteiger partial charge in [-0.25, -0.2) is 0 Å². The molecule has 1 aliphatic carbocycles. The van der Waals surface area contributed by atoms with E-state index < -0.39 is 0 Å². The molecule has 0 spiro atoms. The molecule has 1 amide bonds. The second-order valence-electron chi connectivity index (χ2n) is 9.77. The Balaban J connectivity index is 2.29. The zero-order chi connectivity index (χ0) is 26.3. The number of rotatable bonds is 20. The highest BCUT2D eigenvalue weighted by Crippen LogP contribution is 2.39. The first kappa shape index (κ1) is 32.1. The highest BCUT2D eigenvalue weighted by molar-refractivity contribution is 7.99. The van der Waals surface area contributed by atoms with Crippen LogP contribution < -0.4 is 5.32 Å². The fraction of sp³-hybridized carbons (Fsp3) is 0.724. The van der Waals surface area contributed by atoms with Gasteiger partial charge in [0.05, 0.1) is 4.75 Å². The maximum atomic E-state index is 12.3. The Hall–Kier alpha value is -1.89. The largest absolute Gasteiger partial charge is 0.427 e. The zero-order valence-corrected chi connectivity index (χ0v) is 23.4. The molecule has 0 bridgehead atoms. The third-order valence-electron chi connectivity index (χ3n) is 6.58. The number of nitroso groups, excluding NO2 is 1. The fourth-order valence-corrected chi connectivity index (χ4v) is 5.18. The van der Waals surface area contributed by atoms with Crippen LogP contribution in [0, 0.1) is 4.91 Å². The number of esters is 1. The summed E-state index contributed by atoms with van der Waals surface area (Å²) < 4.78 is 8.28. The summed E-state index contributed by atoms with van der Waals surface area (Å²) in [5.74, 6) is 0.0914. The lowest BCUT2D eigenvalue weighted by atomic mass is 9.88. The first-order valence-electron chi connectivity index (χ1n) is 14.0. The van der Waals surface area contributed by atoms with E-state index in [1.807, 2.05) is 25.2 Å². The molecule has 1 rings (SSSR count). The highest BCUT2D eigenvalue weighted by atomic mass is 32.2. The molecule has 0 aliphatic heterocycles. The molecule has 0 saturated heterocycles. The second-order valence-corrected chi connectivity index (χ2v) is 11.0. The summed E-state index contributed by atoms with van der Waals surface area (Å²) in [6, 6.07) is 0. The summed E-state index contributed by atoms with van der Waals surface area (Å²) in [4.78, 5) is 35.4. The van der Waals surface area contributed by atoms with Crippen molar-refractivity contribution < 1.29 is 14.3 Å². The van der Waals surface area contributed by atoms with Gasteiger partial charge in [0.15, 0.2) is 0 Å². The number of allylic oxidation sites excluding steroid dienone is 5. The van der Waals surface area contributed by atoms with Crippen molar-refractivity contribution >= 4 is 23.8 Å². The SMILES string of the molecule is CC=CC=C(C=CCCCCCCCCCC)OC(=O)CCCC(=O)NCC1(SN=O)CCCCC1. The minimum absolute atomic E-state index is 0.103. The summed E-state index contributed by atoms with van der Waals surface area (Å²) in [7, 11) is 0. The first-order chi connectivity index (χ1) is 17.5. The molecule has 6 nitrogen and oxygen atoms in total. The molecule has 36 heavy (non-hydrogen) atoms. The molecule has 1 saturated carbocycles. The van der Waals surface area contributed by atoms with E-state index in [1.165, 1.54) is 44.9 Å². The Kier molecular flexibility index (Phi) is 18.9. The summed E-state index contributed by atoms with van der Waals surface area (Å²) in [5.41, 5.74) is 0. The van der Waals surface area contributed by atoms with Gasteiger partial charge in [0.2, 0.25) is 5.91 Å². The van der Waals surface area contributed by atoms with E-state index in [4.69, 9.17) is 4.74 Å².